The summed E-state index contributed by atoms with van der Waals surface area (Å²) in [6.07, 6.45) is 1.62. The summed E-state index contributed by atoms with van der Waals surface area (Å²) in [6.45, 7) is 11.7. The van der Waals surface area contributed by atoms with Gasteiger partial charge in [-0.05, 0) is 113 Å². The molecule has 3 aromatic rings. The van der Waals surface area contributed by atoms with Crippen molar-refractivity contribution in [2.24, 2.45) is 0 Å². The molecule has 5 heteroatoms. The summed E-state index contributed by atoms with van der Waals surface area (Å²) in [4.78, 5) is 4.69. The number of ether oxygens (including phenoxy) is 1. The number of fused-ring (bicyclic) bond motifs is 1. The van der Waals surface area contributed by atoms with E-state index in [-0.39, 0.29) is 18.1 Å². The monoisotopic (exact) mass is 476 g/mol. The van der Waals surface area contributed by atoms with Crippen LogP contribution < -0.4 is 9.64 Å². The van der Waals surface area contributed by atoms with Crippen LogP contribution in [-0.2, 0) is 12.8 Å². The lowest BCUT2D eigenvalue weighted by Crippen LogP contribution is -2.46. The number of hydrogen-bond acceptors (Lipinski definition) is 4. The van der Waals surface area contributed by atoms with Gasteiger partial charge in [0.15, 0.2) is 0 Å². The minimum atomic E-state index is -0.231. The van der Waals surface area contributed by atoms with Gasteiger partial charge in [-0.15, -0.1) is 0 Å². The van der Waals surface area contributed by atoms with Crippen molar-refractivity contribution in [3.05, 3.63) is 89.2 Å². The molecule has 2 unspecified atom stereocenters. The molecule has 0 spiro atoms. The van der Waals surface area contributed by atoms with Crippen LogP contribution in [-0.4, -0.2) is 34.9 Å². The van der Waals surface area contributed by atoms with Crippen molar-refractivity contribution in [2.75, 3.05) is 11.4 Å². The maximum Gasteiger partial charge on any atom is 0.150 e. The van der Waals surface area contributed by atoms with Crippen LogP contribution in [0.25, 0.3) is 0 Å². The first kappa shape index (κ1) is 25.1. The summed E-state index contributed by atoms with van der Waals surface area (Å²) in [5, 5.41) is 10.0. The average Bonchev–Trinajstić information content (AvgIpc) is 2.80. The maximum atomic E-state index is 13.6. The summed E-state index contributed by atoms with van der Waals surface area (Å²) in [5.74, 6) is 0.924. The molecule has 0 aliphatic carbocycles. The Kier molecular flexibility index (Phi) is 7.66. The van der Waals surface area contributed by atoms with E-state index in [9.17, 15) is 9.50 Å². The summed E-state index contributed by atoms with van der Waals surface area (Å²) in [6, 6.07) is 21.6. The fourth-order valence-electron chi connectivity index (χ4n) is 5.48. The second kappa shape index (κ2) is 10.7. The van der Waals surface area contributed by atoms with Crippen LogP contribution in [0.3, 0.4) is 0 Å². The molecule has 0 saturated carbocycles. The predicted molar refractivity (Wildman–Crippen MR) is 141 cm³/mol. The number of anilines is 1. The predicted octanol–water partition coefficient (Wildman–Crippen LogP) is 6.72. The molecule has 0 saturated heterocycles. The molecule has 4 nitrogen and oxygen atoms in total. The first-order chi connectivity index (χ1) is 16.7. The Balaban J connectivity index is 1.56. The lowest BCUT2D eigenvalue weighted by Gasteiger charge is -2.39. The van der Waals surface area contributed by atoms with E-state index in [0.717, 1.165) is 30.8 Å². The number of phenols is 1. The highest BCUT2D eigenvalue weighted by Gasteiger charge is 2.28. The van der Waals surface area contributed by atoms with E-state index in [1.165, 1.54) is 28.8 Å². The Morgan fingerprint density at radius 1 is 0.943 bits per heavy atom. The van der Waals surface area contributed by atoms with Crippen LogP contribution in [0.4, 0.5) is 10.1 Å². The van der Waals surface area contributed by atoms with Crippen molar-refractivity contribution < 1.29 is 14.2 Å². The van der Waals surface area contributed by atoms with Crippen molar-refractivity contribution in [3.8, 4) is 11.5 Å². The molecule has 2 atom stereocenters. The molecule has 0 radical (unpaired) electrons. The van der Waals surface area contributed by atoms with E-state index in [1.54, 1.807) is 6.07 Å². The largest absolute Gasteiger partial charge is 0.508 e. The number of nitrogens with zero attached hydrogens (tertiary/aromatic N) is 2. The quantitative estimate of drug-likeness (QED) is 0.366. The first-order valence-corrected chi connectivity index (χ1v) is 12.6. The third kappa shape index (κ3) is 5.79. The summed E-state index contributed by atoms with van der Waals surface area (Å²) < 4.78 is 19.9. The van der Waals surface area contributed by atoms with Crippen molar-refractivity contribution in [2.45, 2.75) is 71.8 Å². The van der Waals surface area contributed by atoms with Crippen molar-refractivity contribution >= 4 is 5.69 Å². The van der Waals surface area contributed by atoms with Gasteiger partial charge in [-0.25, -0.2) is 4.39 Å². The fourth-order valence-corrected chi connectivity index (χ4v) is 5.48. The Bertz CT molecular complexity index is 1100. The van der Waals surface area contributed by atoms with Crippen LogP contribution >= 0.6 is 0 Å². The van der Waals surface area contributed by atoms with Crippen LogP contribution in [0.15, 0.2) is 66.7 Å². The van der Waals surface area contributed by atoms with Gasteiger partial charge in [-0.2, -0.15) is 0 Å². The minimum absolute atomic E-state index is 0.0206. The average molecular weight is 477 g/mol. The molecule has 1 aliphatic heterocycles. The number of rotatable bonds is 8. The zero-order valence-corrected chi connectivity index (χ0v) is 21.4. The third-order valence-electron chi connectivity index (χ3n) is 6.91. The van der Waals surface area contributed by atoms with Gasteiger partial charge in [0.25, 0.3) is 0 Å². The standard InChI is InChI=1S/C30H37FN2O2/c1-20(2)33(21(3)4)22(5)35-28-13-6-23(7-14-28)18-30-29-15-12-27(34)19-24(29)16-17-32(30)26-10-8-25(31)9-11-26/h6-15,19-22,30,34H,16-18H2,1-5H3. The number of phenolic OH excluding ortho intramolecular Hbond substituents is 1. The van der Waals surface area contributed by atoms with Gasteiger partial charge in [0.1, 0.15) is 23.5 Å². The highest BCUT2D eigenvalue weighted by molar-refractivity contribution is 5.53. The van der Waals surface area contributed by atoms with Gasteiger partial charge in [0, 0.05) is 24.3 Å². The van der Waals surface area contributed by atoms with Gasteiger partial charge in [0.2, 0.25) is 0 Å². The number of hydrogen-bond donors (Lipinski definition) is 1. The van der Waals surface area contributed by atoms with Crippen molar-refractivity contribution in [1.29, 1.82) is 0 Å². The van der Waals surface area contributed by atoms with Gasteiger partial charge in [-0.1, -0.05) is 18.2 Å². The topological polar surface area (TPSA) is 35.9 Å². The third-order valence-corrected chi connectivity index (χ3v) is 6.91. The zero-order chi connectivity index (χ0) is 25.1. The molecule has 0 bridgehead atoms. The van der Waals surface area contributed by atoms with E-state index in [1.807, 2.05) is 36.4 Å². The molecule has 3 aromatic carbocycles. The Morgan fingerprint density at radius 2 is 1.60 bits per heavy atom. The first-order valence-electron chi connectivity index (χ1n) is 12.6. The van der Waals surface area contributed by atoms with Crippen LogP contribution in [0.1, 0.15) is 57.4 Å². The molecular formula is C30H37FN2O2. The zero-order valence-electron chi connectivity index (χ0n) is 21.4. The van der Waals surface area contributed by atoms with Crippen LogP contribution in [0.2, 0.25) is 0 Å². The van der Waals surface area contributed by atoms with E-state index in [2.05, 4.69) is 56.6 Å². The molecule has 186 valence electrons. The molecule has 4 rings (SSSR count). The second-order valence-corrected chi connectivity index (χ2v) is 10.0. The Hall–Kier alpha value is -3.05. The van der Waals surface area contributed by atoms with Crippen molar-refractivity contribution in [3.63, 3.8) is 0 Å². The number of halogens is 1. The van der Waals surface area contributed by atoms with Crippen molar-refractivity contribution in [1.82, 2.24) is 4.90 Å². The fraction of sp³-hybridized carbons (Fsp3) is 0.400. The molecule has 1 heterocycles. The SMILES string of the molecule is CC(C)N(C(C)C)C(C)Oc1ccc(CC2c3ccc(O)cc3CCN2c2ccc(F)cc2)cc1. The molecule has 1 aliphatic rings. The van der Waals surface area contributed by atoms with E-state index in [0.29, 0.717) is 17.8 Å². The van der Waals surface area contributed by atoms with E-state index < -0.39 is 0 Å². The molecule has 0 aromatic heterocycles. The van der Waals surface area contributed by atoms with Crippen LogP contribution in [0.5, 0.6) is 11.5 Å². The summed E-state index contributed by atoms with van der Waals surface area (Å²) >= 11 is 0. The van der Waals surface area contributed by atoms with E-state index in [4.69, 9.17) is 4.74 Å². The molecule has 0 amide bonds. The molecular weight excluding hydrogens is 439 g/mol. The summed E-state index contributed by atoms with van der Waals surface area (Å²) in [5.41, 5.74) is 4.58. The second-order valence-electron chi connectivity index (χ2n) is 10.0. The van der Waals surface area contributed by atoms with E-state index >= 15 is 0 Å². The lowest BCUT2D eigenvalue weighted by atomic mass is 9.88. The minimum Gasteiger partial charge on any atom is -0.508 e. The van der Waals surface area contributed by atoms with Gasteiger partial charge < -0.3 is 14.7 Å². The smallest absolute Gasteiger partial charge is 0.150 e. The molecule has 0 fully saturated rings. The lowest BCUT2D eigenvalue weighted by molar-refractivity contribution is -0.00561. The van der Waals surface area contributed by atoms with Gasteiger partial charge in [-0.3, -0.25) is 4.90 Å². The maximum absolute atomic E-state index is 13.6. The van der Waals surface area contributed by atoms with Gasteiger partial charge in [0.05, 0.1) is 6.04 Å². The number of benzene rings is 3. The highest BCUT2D eigenvalue weighted by Crippen LogP contribution is 2.37. The Morgan fingerprint density at radius 3 is 2.23 bits per heavy atom. The molecule has 35 heavy (non-hydrogen) atoms. The number of aromatic hydroxyl groups is 1. The summed E-state index contributed by atoms with van der Waals surface area (Å²) in [7, 11) is 0. The molecule has 1 N–H and O–H groups in total. The normalized spacial score (nSPS) is 16.6. The highest BCUT2D eigenvalue weighted by atomic mass is 19.1. The van der Waals surface area contributed by atoms with Gasteiger partial charge >= 0.3 is 0 Å². The van der Waals surface area contributed by atoms with Crippen LogP contribution in [0, 0.1) is 5.82 Å². The Labute approximate surface area is 209 Å².